The highest BCUT2D eigenvalue weighted by Gasteiger charge is 2.55. The molecule has 1 N–H and O–H groups in total. The van der Waals surface area contributed by atoms with Gasteiger partial charge in [-0.15, -0.1) is 0 Å². The van der Waals surface area contributed by atoms with Gasteiger partial charge in [-0.2, -0.15) is 0 Å². The summed E-state index contributed by atoms with van der Waals surface area (Å²) in [6, 6.07) is 21.1. The molecule has 2 aromatic rings. The van der Waals surface area contributed by atoms with Gasteiger partial charge >= 0.3 is 0 Å². The van der Waals surface area contributed by atoms with Crippen molar-refractivity contribution in [1.29, 1.82) is 0 Å². The number of aliphatic hydroxyl groups is 1. The molecule has 172 valence electrons. The van der Waals surface area contributed by atoms with Gasteiger partial charge < -0.3 is 19.0 Å². The van der Waals surface area contributed by atoms with Crippen LogP contribution in [0.15, 0.2) is 71.2 Å². The number of halogens is 1. The molecule has 1 unspecified atom stereocenters. The summed E-state index contributed by atoms with van der Waals surface area (Å²) in [5, 5.41) is 13.1. The van der Waals surface area contributed by atoms with E-state index in [-0.39, 0.29) is 23.4 Å². The number of aliphatic hydroxyl groups excluding tert-OH is 1. The summed E-state index contributed by atoms with van der Waals surface area (Å²) < 4.78 is 20.6. The number of hydrogen-bond acceptors (Lipinski definition) is 4. The van der Waals surface area contributed by atoms with Gasteiger partial charge in [0.05, 0.1) is 12.2 Å². The summed E-state index contributed by atoms with van der Waals surface area (Å²) in [4.78, 5) is 0. The first kappa shape index (κ1) is 23.9. The molecule has 1 aliphatic carbocycles. The van der Waals surface area contributed by atoms with Gasteiger partial charge in [0.2, 0.25) is 0 Å². The Kier molecular flexibility index (Phi) is 6.58. The van der Waals surface area contributed by atoms with Crippen molar-refractivity contribution in [2.75, 3.05) is 0 Å². The molecule has 2 aromatic carbocycles. The minimum atomic E-state index is -2.80. The van der Waals surface area contributed by atoms with Gasteiger partial charge in [-0.05, 0) is 35.3 Å². The van der Waals surface area contributed by atoms with Gasteiger partial charge in [-0.3, -0.25) is 0 Å². The fourth-order valence-electron chi connectivity index (χ4n) is 5.00. The van der Waals surface area contributed by atoms with Crippen LogP contribution in [0.3, 0.4) is 0 Å². The third kappa shape index (κ3) is 4.41. The van der Waals surface area contributed by atoms with Crippen molar-refractivity contribution in [1.82, 2.24) is 0 Å². The Morgan fingerprint density at radius 3 is 2.00 bits per heavy atom. The maximum absolute atomic E-state index is 10.9. The first-order valence-corrected chi connectivity index (χ1v) is 13.9. The van der Waals surface area contributed by atoms with E-state index in [0.29, 0.717) is 6.42 Å². The largest absolute Gasteiger partial charge is 0.402 e. The molecule has 1 saturated heterocycles. The fraction of sp³-hybridized carbons (Fsp3) is 0.462. The van der Waals surface area contributed by atoms with Gasteiger partial charge in [0.1, 0.15) is 12.2 Å². The van der Waals surface area contributed by atoms with Crippen LogP contribution in [0.2, 0.25) is 5.04 Å². The molecule has 4 nitrogen and oxygen atoms in total. The molecule has 4 rings (SSSR count). The van der Waals surface area contributed by atoms with Crippen molar-refractivity contribution in [3.05, 3.63) is 71.2 Å². The Labute approximate surface area is 200 Å². The van der Waals surface area contributed by atoms with Gasteiger partial charge in [0.25, 0.3) is 8.32 Å². The van der Waals surface area contributed by atoms with E-state index in [2.05, 4.69) is 85.2 Å². The SMILES string of the molecule is CC1(C)O[C@@H]2[C@@H](C=C(Br)C(O)C[C@H]2O[Si](c2ccccc2)(c2ccccc2)C(C)(C)C)O1. The summed E-state index contributed by atoms with van der Waals surface area (Å²) in [6.07, 6.45) is 0.755. The molecule has 6 heteroatoms. The Hall–Kier alpha value is -1.28. The third-order valence-corrected chi connectivity index (χ3v) is 12.2. The van der Waals surface area contributed by atoms with E-state index < -0.39 is 20.2 Å². The lowest BCUT2D eigenvalue weighted by Crippen LogP contribution is -2.68. The molecule has 1 heterocycles. The average molecular weight is 518 g/mol. The van der Waals surface area contributed by atoms with Crippen LogP contribution < -0.4 is 10.4 Å². The van der Waals surface area contributed by atoms with Crippen molar-refractivity contribution >= 4 is 34.6 Å². The van der Waals surface area contributed by atoms with Gasteiger partial charge in [0, 0.05) is 10.9 Å². The van der Waals surface area contributed by atoms with Crippen LogP contribution in [-0.2, 0) is 13.9 Å². The number of fused-ring (bicyclic) bond motifs is 1. The maximum atomic E-state index is 10.9. The summed E-state index contributed by atoms with van der Waals surface area (Å²) in [5.41, 5.74) is 0. The number of hydrogen-bond donors (Lipinski definition) is 1. The summed E-state index contributed by atoms with van der Waals surface area (Å²) >= 11 is 3.55. The second-order valence-corrected chi connectivity index (χ2v) is 15.4. The van der Waals surface area contributed by atoms with Crippen LogP contribution in [0.4, 0.5) is 0 Å². The first-order valence-electron chi connectivity index (χ1n) is 11.2. The van der Waals surface area contributed by atoms with Crippen LogP contribution >= 0.6 is 15.9 Å². The summed E-state index contributed by atoms with van der Waals surface area (Å²) in [7, 11) is -2.80. The normalized spacial score (nSPS) is 28.0. The van der Waals surface area contributed by atoms with Crippen molar-refractivity contribution in [2.24, 2.45) is 0 Å². The highest BCUT2D eigenvalue weighted by Crippen LogP contribution is 2.42. The average Bonchev–Trinajstić information content (AvgIpc) is 3.00. The molecule has 0 saturated carbocycles. The molecule has 4 atom stereocenters. The predicted molar refractivity (Wildman–Crippen MR) is 134 cm³/mol. The molecular weight excluding hydrogens is 484 g/mol. The molecular formula is C26H33BrO4Si. The Balaban J connectivity index is 1.86. The molecule has 0 amide bonds. The minimum absolute atomic E-state index is 0.165. The van der Waals surface area contributed by atoms with Crippen molar-refractivity contribution in [3.63, 3.8) is 0 Å². The molecule has 0 radical (unpaired) electrons. The Morgan fingerprint density at radius 1 is 0.969 bits per heavy atom. The zero-order valence-corrected chi connectivity index (χ0v) is 22.0. The van der Waals surface area contributed by atoms with E-state index in [1.807, 2.05) is 32.1 Å². The molecule has 0 spiro atoms. The summed E-state index contributed by atoms with van der Waals surface area (Å²) in [5.74, 6) is -0.714. The van der Waals surface area contributed by atoms with E-state index in [1.54, 1.807) is 0 Å². The van der Waals surface area contributed by atoms with Crippen LogP contribution in [0.1, 0.15) is 41.0 Å². The van der Waals surface area contributed by atoms with Crippen LogP contribution in [0.5, 0.6) is 0 Å². The quantitative estimate of drug-likeness (QED) is 0.608. The Morgan fingerprint density at radius 2 is 1.50 bits per heavy atom. The lowest BCUT2D eigenvalue weighted by Gasteiger charge is -2.46. The monoisotopic (exact) mass is 516 g/mol. The standard InChI is InChI=1S/C26H33BrO4Si/c1-25(2,3)32(18-12-8-6-9-13-18,19-14-10-7-11-15-19)31-23-17-21(28)20(27)16-22-24(23)30-26(4,5)29-22/h6-16,21-24,28H,17H2,1-5H3/t21?,22-,23-,24-/m1/s1. The number of ether oxygens (including phenoxy) is 2. The molecule has 1 aliphatic heterocycles. The topological polar surface area (TPSA) is 47.9 Å². The lowest BCUT2D eigenvalue weighted by atomic mass is 10.1. The van der Waals surface area contributed by atoms with Crippen LogP contribution in [0, 0.1) is 0 Å². The first-order chi connectivity index (χ1) is 15.0. The van der Waals surface area contributed by atoms with Gasteiger partial charge in [-0.25, -0.2) is 0 Å². The second-order valence-electron chi connectivity index (χ2n) is 10.2. The summed E-state index contributed by atoms with van der Waals surface area (Å²) in [6.45, 7) is 10.6. The zero-order chi connectivity index (χ0) is 23.1. The zero-order valence-electron chi connectivity index (χ0n) is 19.4. The minimum Gasteiger partial charge on any atom is -0.402 e. The lowest BCUT2D eigenvalue weighted by molar-refractivity contribution is -0.154. The molecule has 0 aromatic heterocycles. The highest BCUT2D eigenvalue weighted by molar-refractivity contribution is 9.11. The predicted octanol–water partition coefficient (Wildman–Crippen LogP) is 4.50. The maximum Gasteiger partial charge on any atom is 0.261 e. The highest BCUT2D eigenvalue weighted by atomic mass is 79.9. The smallest absolute Gasteiger partial charge is 0.261 e. The molecule has 32 heavy (non-hydrogen) atoms. The van der Waals surface area contributed by atoms with E-state index in [9.17, 15) is 5.11 Å². The fourth-order valence-corrected chi connectivity index (χ4v) is 10.1. The second kappa shape index (κ2) is 8.82. The van der Waals surface area contributed by atoms with Gasteiger partial charge in [0.15, 0.2) is 5.79 Å². The van der Waals surface area contributed by atoms with Crippen LogP contribution in [-0.4, -0.2) is 43.6 Å². The Bertz CT molecular complexity index is 915. The van der Waals surface area contributed by atoms with E-state index in [1.165, 1.54) is 10.4 Å². The van der Waals surface area contributed by atoms with Gasteiger partial charge in [-0.1, -0.05) is 97.4 Å². The van der Waals surface area contributed by atoms with Crippen LogP contribution in [0.25, 0.3) is 0 Å². The molecule has 1 fully saturated rings. The molecule has 0 bridgehead atoms. The van der Waals surface area contributed by atoms with Crippen molar-refractivity contribution in [3.8, 4) is 0 Å². The number of benzene rings is 2. The van der Waals surface area contributed by atoms with Crippen molar-refractivity contribution in [2.45, 2.75) is 76.3 Å². The molecule has 2 aliphatic rings. The van der Waals surface area contributed by atoms with E-state index in [4.69, 9.17) is 13.9 Å². The third-order valence-electron chi connectivity index (χ3n) is 6.37. The van der Waals surface area contributed by atoms with E-state index in [0.717, 1.165) is 4.48 Å². The van der Waals surface area contributed by atoms with Crippen molar-refractivity contribution < 1.29 is 19.0 Å². The van der Waals surface area contributed by atoms with E-state index >= 15 is 0 Å². The number of rotatable bonds is 4.